The number of phosphoric acid groups is 1. The van der Waals surface area contributed by atoms with Crippen LogP contribution in [-0.2, 0) is 32.7 Å². The molecule has 53 heavy (non-hydrogen) atoms. The van der Waals surface area contributed by atoms with Crippen LogP contribution in [0.2, 0.25) is 0 Å². The van der Waals surface area contributed by atoms with Gasteiger partial charge in [0.15, 0.2) is 0 Å². The Labute approximate surface area is 317 Å². The standard InChI is InChI=1S/C29H44N5O11PS.3C2H6/c1-42-16-22-21(45-46(40,41)43-2)14-25(44-22)34-15-18(27(37)33-29(34)39)11-12-24(36)30-13-7-3-4-8-19(35)9-5-6-10-23-26-20(17-47-23)31-28(38)32-26;3*1-2/h11-12,15,20-23,25-26H,3-10,13-14,16-17H2,1-2H3,(H,30,36)(H,40,41)(H2,31,32,38)(H,33,37,39);3*1-2H3/p-1/b12-11+;;;/t20?,21?,22-,23?,25-,26?;;;/m1.../s1. The fourth-order valence-corrected chi connectivity index (χ4v) is 8.02. The first kappa shape index (κ1) is 48.2. The molecule has 4 heterocycles. The third kappa shape index (κ3) is 16.2. The third-order valence-corrected chi connectivity index (χ3v) is 10.8. The van der Waals surface area contributed by atoms with Crippen molar-refractivity contribution in [3.05, 3.63) is 38.7 Å². The van der Waals surface area contributed by atoms with Crippen molar-refractivity contribution in [3.8, 4) is 0 Å². The van der Waals surface area contributed by atoms with E-state index in [1.165, 1.54) is 25.5 Å². The molecular formula is C35H61N5O11PS-. The number of phosphoric ester groups is 1. The number of ketones is 1. The van der Waals surface area contributed by atoms with Crippen molar-refractivity contribution >= 4 is 43.4 Å². The number of rotatable bonds is 19. The number of carbonyl (C=O) groups is 3. The van der Waals surface area contributed by atoms with E-state index in [1.807, 2.05) is 53.3 Å². The van der Waals surface area contributed by atoms with E-state index < -0.39 is 43.4 Å². The number of fused-ring (bicyclic) bond motifs is 1. The molecule has 4 N–H and O–H groups in total. The second kappa shape index (κ2) is 26.1. The summed E-state index contributed by atoms with van der Waals surface area (Å²) >= 11 is 1.88. The number of H-pyrrole nitrogens is 1. The Morgan fingerprint density at radius 2 is 1.72 bits per heavy atom. The Morgan fingerprint density at radius 3 is 2.38 bits per heavy atom. The second-order valence-corrected chi connectivity index (χ2v) is 14.4. The summed E-state index contributed by atoms with van der Waals surface area (Å²) in [5, 5.41) is 9.06. The van der Waals surface area contributed by atoms with Crippen LogP contribution in [-0.4, -0.2) is 89.9 Å². The first-order valence-corrected chi connectivity index (χ1v) is 21.2. The number of hydrogen-bond donors (Lipinski definition) is 4. The Bertz CT molecular complexity index is 1460. The maximum Gasteiger partial charge on any atom is 0.330 e. The van der Waals surface area contributed by atoms with Crippen LogP contribution in [0.3, 0.4) is 0 Å². The smallest absolute Gasteiger partial charge is 0.330 e. The Balaban J connectivity index is 0.00000222. The predicted octanol–water partition coefficient (Wildman–Crippen LogP) is 4.03. The predicted molar refractivity (Wildman–Crippen MR) is 205 cm³/mol. The molecule has 0 radical (unpaired) electrons. The lowest BCUT2D eigenvalue weighted by atomic mass is 10.0. The first-order valence-electron chi connectivity index (χ1n) is 18.7. The van der Waals surface area contributed by atoms with Gasteiger partial charge in [-0.15, -0.1) is 0 Å². The molecular weight excluding hydrogens is 729 g/mol. The van der Waals surface area contributed by atoms with Crippen molar-refractivity contribution < 1.29 is 42.4 Å². The molecule has 1 aromatic heterocycles. The monoisotopic (exact) mass is 790 g/mol. The third-order valence-electron chi connectivity index (χ3n) is 8.28. The molecule has 0 saturated carbocycles. The summed E-state index contributed by atoms with van der Waals surface area (Å²) in [4.78, 5) is 75.0. The van der Waals surface area contributed by atoms with Gasteiger partial charge in [-0.3, -0.25) is 28.5 Å². The van der Waals surface area contributed by atoms with E-state index in [1.54, 1.807) is 0 Å². The quantitative estimate of drug-likeness (QED) is 0.0676. The molecule has 3 amide bonds. The van der Waals surface area contributed by atoms with Crippen LogP contribution < -0.4 is 32.1 Å². The number of Topliss-reactive ketones (excluding diaryl/α,β-unsaturated/α-hetero) is 1. The summed E-state index contributed by atoms with van der Waals surface area (Å²) in [5.74, 6) is 0.726. The van der Waals surface area contributed by atoms with Gasteiger partial charge in [-0.2, -0.15) is 11.8 Å². The van der Waals surface area contributed by atoms with E-state index in [0.29, 0.717) is 31.1 Å². The molecule has 0 bridgehead atoms. The summed E-state index contributed by atoms with van der Waals surface area (Å²) in [6.45, 7) is 12.4. The minimum Gasteiger partial charge on any atom is -0.756 e. The fourth-order valence-electron chi connectivity index (χ4n) is 5.83. The zero-order valence-corrected chi connectivity index (χ0v) is 34.2. The highest BCUT2D eigenvalue weighted by Gasteiger charge is 2.42. The van der Waals surface area contributed by atoms with Crippen molar-refractivity contribution in [1.29, 1.82) is 0 Å². The molecule has 304 valence electrons. The van der Waals surface area contributed by atoms with Crippen LogP contribution in [0.1, 0.15) is 111 Å². The van der Waals surface area contributed by atoms with Gasteiger partial charge in [-0.05, 0) is 31.8 Å². The molecule has 0 aliphatic carbocycles. The van der Waals surface area contributed by atoms with E-state index in [-0.39, 0.29) is 42.5 Å². The highest BCUT2D eigenvalue weighted by Crippen LogP contribution is 2.44. The van der Waals surface area contributed by atoms with Crippen LogP contribution in [0.15, 0.2) is 21.9 Å². The molecule has 0 spiro atoms. The molecule has 18 heteroatoms. The number of ether oxygens (including phenoxy) is 2. The number of nitrogens with one attached hydrogen (secondary N) is 4. The fraction of sp³-hybridized carbons (Fsp3) is 0.743. The van der Waals surface area contributed by atoms with Crippen LogP contribution in [0.25, 0.3) is 6.08 Å². The zero-order chi connectivity index (χ0) is 40.0. The number of methoxy groups -OCH3 is 1. The molecule has 3 aliphatic heterocycles. The minimum atomic E-state index is -4.60. The van der Waals surface area contributed by atoms with E-state index in [4.69, 9.17) is 14.0 Å². The number of hydrogen-bond acceptors (Lipinski definition) is 12. The van der Waals surface area contributed by atoms with Crippen molar-refractivity contribution in [1.82, 2.24) is 25.5 Å². The van der Waals surface area contributed by atoms with Crippen molar-refractivity contribution in [2.75, 3.05) is 33.1 Å². The Kier molecular flexibility index (Phi) is 23.7. The lowest BCUT2D eigenvalue weighted by molar-refractivity contribution is -0.229. The number of amides is 3. The maximum absolute atomic E-state index is 12.5. The topological polar surface area (TPSA) is 219 Å². The van der Waals surface area contributed by atoms with Crippen LogP contribution in [0.4, 0.5) is 4.79 Å². The summed E-state index contributed by atoms with van der Waals surface area (Å²) < 4.78 is 33.2. The number of urea groups is 1. The van der Waals surface area contributed by atoms with Gasteiger partial charge in [-0.25, -0.2) is 9.59 Å². The molecule has 3 aliphatic rings. The minimum absolute atomic E-state index is 0.00872. The summed E-state index contributed by atoms with van der Waals surface area (Å²) in [6.07, 6.45) is 6.82. The first-order chi connectivity index (χ1) is 25.5. The second-order valence-electron chi connectivity index (χ2n) is 11.7. The Morgan fingerprint density at radius 1 is 1.04 bits per heavy atom. The largest absolute Gasteiger partial charge is 0.756 e. The van der Waals surface area contributed by atoms with Crippen molar-refractivity contribution in [3.63, 3.8) is 0 Å². The molecule has 3 saturated heterocycles. The number of thioether (sulfide) groups is 1. The molecule has 1 aromatic rings. The van der Waals surface area contributed by atoms with Gasteiger partial charge < -0.3 is 39.4 Å². The SMILES string of the molecule is CC.CC.CC.COC[C@H]1O[C@@H](n2cc(/C=C/C(=O)NCCCCCC(=O)CCCCC3SCC4NC(=O)NC43)c(=O)[nH]c2=O)CC1OP(=O)([O-])OC. The summed E-state index contributed by atoms with van der Waals surface area (Å²) in [6, 6.07) is 0.313. The van der Waals surface area contributed by atoms with Gasteiger partial charge in [0.25, 0.3) is 13.4 Å². The van der Waals surface area contributed by atoms with Crippen LogP contribution >= 0.6 is 19.6 Å². The molecule has 7 atom stereocenters. The van der Waals surface area contributed by atoms with Crippen molar-refractivity contribution in [2.24, 2.45) is 0 Å². The van der Waals surface area contributed by atoms with Crippen LogP contribution in [0, 0.1) is 0 Å². The molecule has 16 nitrogen and oxygen atoms in total. The maximum atomic E-state index is 12.5. The zero-order valence-electron chi connectivity index (χ0n) is 32.5. The molecule has 5 unspecified atom stereocenters. The van der Waals surface area contributed by atoms with Gasteiger partial charge in [0.2, 0.25) is 5.91 Å². The van der Waals surface area contributed by atoms with E-state index >= 15 is 0 Å². The summed E-state index contributed by atoms with van der Waals surface area (Å²) in [5.41, 5.74) is -1.49. The number of aromatic amines is 1. The molecule has 4 rings (SSSR count). The van der Waals surface area contributed by atoms with Gasteiger partial charge in [-0.1, -0.05) is 54.4 Å². The normalized spacial score (nSPS) is 23.9. The lowest BCUT2D eigenvalue weighted by Crippen LogP contribution is -2.36. The van der Waals surface area contributed by atoms with Gasteiger partial charge in [0.05, 0.1) is 30.4 Å². The van der Waals surface area contributed by atoms with Gasteiger partial charge in [0, 0.05) is 63.3 Å². The van der Waals surface area contributed by atoms with Gasteiger partial charge in [0.1, 0.15) is 18.1 Å². The average molecular weight is 791 g/mol. The van der Waals surface area contributed by atoms with Crippen LogP contribution in [0.5, 0.6) is 0 Å². The average Bonchev–Trinajstić information content (AvgIpc) is 3.84. The van der Waals surface area contributed by atoms with E-state index in [0.717, 1.165) is 49.5 Å². The summed E-state index contributed by atoms with van der Waals surface area (Å²) in [7, 11) is -2.24. The number of aromatic nitrogens is 2. The van der Waals surface area contributed by atoms with E-state index in [9.17, 15) is 33.4 Å². The van der Waals surface area contributed by atoms with E-state index in [2.05, 4.69) is 25.5 Å². The molecule has 0 aromatic carbocycles. The Hall–Kier alpha value is -2.79. The lowest BCUT2D eigenvalue weighted by Gasteiger charge is -2.26. The highest BCUT2D eigenvalue weighted by atomic mass is 32.2. The van der Waals surface area contributed by atoms with Crippen molar-refractivity contribution in [2.45, 2.75) is 135 Å². The number of nitrogens with zero attached hydrogens (tertiary/aromatic N) is 1. The van der Waals surface area contributed by atoms with Gasteiger partial charge >= 0.3 is 11.7 Å². The highest BCUT2D eigenvalue weighted by molar-refractivity contribution is 8.00. The number of unbranched alkanes of at least 4 members (excludes halogenated alkanes) is 3. The number of carbonyl (C=O) groups excluding carboxylic acids is 3. The molecule has 3 fully saturated rings.